The Kier molecular flexibility index (Phi) is 3.35. The Labute approximate surface area is 118 Å². The fraction of sp³-hybridized carbons (Fsp3) is 0.118. The predicted molar refractivity (Wildman–Crippen MR) is 80.8 cm³/mol. The SMILES string of the molecule is COc1ccc(C(N)c2cccc3ccncc23)cc1. The zero-order valence-electron chi connectivity index (χ0n) is 11.3. The second-order valence-corrected chi connectivity index (χ2v) is 4.69. The van der Waals surface area contributed by atoms with Crippen molar-refractivity contribution in [2.45, 2.75) is 6.04 Å². The third-order valence-corrected chi connectivity index (χ3v) is 3.53. The molecule has 0 fully saturated rings. The van der Waals surface area contributed by atoms with E-state index in [-0.39, 0.29) is 6.04 Å². The molecular formula is C17H16N2O. The zero-order valence-corrected chi connectivity index (χ0v) is 11.3. The van der Waals surface area contributed by atoms with Crippen molar-refractivity contribution in [1.29, 1.82) is 0 Å². The molecule has 0 spiro atoms. The lowest BCUT2D eigenvalue weighted by atomic mass is 9.95. The normalized spacial score (nSPS) is 12.3. The third kappa shape index (κ3) is 2.24. The topological polar surface area (TPSA) is 48.1 Å². The summed E-state index contributed by atoms with van der Waals surface area (Å²) in [4.78, 5) is 4.20. The van der Waals surface area contributed by atoms with Crippen molar-refractivity contribution >= 4 is 10.8 Å². The largest absolute Gasteiger partial charge is 0.497 e. The standard InChI is InChI=1S/C17H16N2O/c1-20-14-7-5-13(6-8-14)17(18)15-4-2-3-12-9-10-19-11-16(12)15/h2-11,17H,18H2,1H3. The van der Waals surface area contributed by atoms with Gasteiger partial charge in [-0.25, -0.2) is 0 Å². The highest BCUT2D eigenvalue weighted by atomic mass is 16.5. The number of ether oxygens (including phenoxy) is 1. The second-order valence-electron chi connectivity index (χ2n) is 4.69. The van der Waals surface area contributed by atoms with Gasteiger partial charge in [0.2, 0.25) is 0 Å². The van der Waals surface area contributed by atoms with E-state index in [1.54, 1.807) is 13.3 Å². The lowest BCUT2D eigenvalue weighted by Gasteiger charge is -2.15. The highest BCUT2D eigenvalue weighted by Crippen LogP contribution is 2.27. The molecule has 1 aromatic heterocycles. The van der Waals surface area contributed by atoms with Gasteiger partial charge in [-0.1, -0.05) is 30.3 Å². The first kappa shape index (κ1) is 12.6. The number of fused-ring (bicyclic) bond motifs is 1. The van der Waals surface area contributed by atoms with Crippen molar-refractivity contribution in [2.75, 3.05) is 7.11 Å². The molecule has 20 heavy (non-hydrogen) atoms. The molecule has 3 rings (SSSR count). The summed E-state index contributed by atoms with van der Waals surface area (Å²) >= 11 is 0. The van der Waals surface area contributed by atoms with Crippen LogP contribution in [0.2, 0.25) is 0 Å². The van der Waals surface area contributed by atoms with Gasteiger partial charge in [0, 0.05) is 17.8 Å². The summed E-state index contributed by atoms with van der Waals surface area (Å²) in [6.45, 7) is 0. The minimum absolute atomic E-state index is 0.172. The Bertz CT molecular complexity index is 717. The second kappa shape index (κ2) is 5.31. The van der Waals surface area contributed by atoms with Gasteiger partial charge in [0.25, 0.3) is 0 Å². The lowest BCUT2D eigenvalue weighted by molar-refractivity contribution is 0.414. The fourth-order valence-corrected chi connectivity index (χ4v) is 2.40. The molecule has 1 atom stereocenters. The van der Waals surface area contributed by atoms with Gasteiger partial charge in [-0.2, -0.15) is 0 Å². The van der Waals surface area contributed by atoms with Crippen LogP contribution in [0, 0.1) is 0 Å². The smallest absolute Gasteiger partial charge is 0.118 e. The van der Waals surface area contributed by atoms with Gasteiger partial charge in [-0.15, -0.1) is 0 Å². The maximum Gasteiger partial charge on any atom is 0.118 e. The van der Waals surface area contributed by atoms with Gasteiger partial charge in [-0.05, 0) is 34.7 Å². The van der Waals surface area contributed by atoms with Gasteiger partial charge in [0.15, 0.2) is 0 Å². The highest BCUT2D eigenvalue weighted by molar-refractivity contribution is 5.85. The molecule has 0 radical (unpaired) electrons. The van der Waals surface area contributed by atoms with E-state index in [0.717, 1.165) is 27.6 Å². The molecule has 1 heterocycles. The van der Waals surface area contributed by atoms with E-state index in [9.17, 15) is 0 Å². The summed E-state index contributed by atoms with van der Waals surface area (Å²) in [5.41, 5.74) is 8.55. The summed E-state index contributed by atoms with van der Waals surface area (Å²) in [7, 11) is 1.66. The van der Waals surface area contributed by atoms with Crippen LogP contribution in [0.3, 0.4) is 0 Å². The zero-order chi connectivity index (χ0) is 13.9. The molecule has 2 aromatic carbocycles. The number of nitrogens with two attached hydrogens (primary N) is 1. The summed E-state index contributed by atoms with van der Waals surface area (Å²) in [6.07, 6.45) is 3.67. The molecule has 3 aromatic rings. The average molecular weight is 264 g/mol. The van der Waals surface area contributed by atoms with Crippen LogP contribution < -0.4 is 10.5 Å². The minimum Gasteiger partial charge on any atom is -0.497 e. The highest BCUT2D eigenvalue weighted by Gasteiger charge is 2.12. The molecule has 0 saturated carbocycles. The van der Waals surface area contributed by atoms with Gasteiger partial charge in [0.05, 0.1) is 13.2 Å². The molecule has 0 bridgehead atoms. The number of methoxy groups -OCH3 is 1. The van der Waals surface area contributed by atoms with Crippen molar-refractivity contribution in [3.05, 3.63) is 72.1 Å². The lowest BCUT2D eigenvalue weighted by Crippen LogP contribution is -2.12. The van der Waals surface area contributed by atoms with Crippen LogP contribution in [0.15, 0.2) is 60.9 Å². The number of hydrogen-bond donors (Lipinski definition) is 1. The van der Waals surface area contributed by atoms with Gasteiger partial charge < -0.3 is 10.5 Å². The van der Waals surface area contributed by atoms with E-state index in [1.807, 2.05) is 42.6 Å². The van der Waals surface area contributed by atoms with Gasteiger partial charge >= 0.3 is 0 Å². The Hall–Kier alpha value is -2.39. The Morgan fingerprint density at radius 1 is 1.05 bits per heavy atom. The number of benzene rings is 2. The molecule has 2 N–H and O–H groups in total. The molecule has 0 saturated heterocycles. The van der Waals surface area contributed by atoms with Crippen molar-refractivity contribution in [3.63, 3.8) is 0 Å². The van der Waals surface area contributed by atoms with Crippen LogP contribution in [-0.4, -0.2) is 12.1 Å². The van der Waals surface area contributed by atoms with Crippen LogP contribution in [0.25, 0.3) is 10.8 Å². The first-order valence-electron chi connectivity index (χ1n) is 6.52. The van der Waals surface area contributed by atoms with E-state index in [4.69, 9.17) is 10.5 Å². The molecule has 3 nitrogen and oxygen atoms in total. The molecule has 0 aliphatic rings. The number of pyridine rings is 1. The first-order valence-corrected chi connectivity index (χ1v) is 6.52. The van der Waals surface area contributed by atoms with E-state index >= 15 is 0 Å². The van der Waals surface area contributed by atoms with E-state index in [1.165, 1.54) is 0 Å². The summed E-state index contributed by atoms with van der Waals surface area (Å²) in [5.74, 6) is 0.834. The van der Waals surface area contributed by atoms with Gasteiger partial charge in [0.1, 0.15) is 5.75 Å². The van der Waals surface area contributed by atoms with Crippen molar-refractivity contribution in [1.82, 2.24) is 4.98 Å². The van der Waals surface area contributed by atoms with E-state index < -0.39 is 0 Å². The molecule has 100 valence electrons. The third-order valence-electron chi connectivity index (χ3n) is 3.53. The number of hydrogen-bond acceptors (Lipinski definition) is 3. The molecule has 0 aliphatic heterocycles. The predicted octanol–water partition coefficient (Wildman–Crippen LogP) is 3.29. The van der Waals surface area contributed by atoms with Crippen molar-refractivity contribution in [2.24, 2.45) is 5.73 Å². The summed E-state index contributed by atoms with van der Waals surface area (Å²) < 4.78 is 5.17. The Balaban J connectivity index is 2.05. The molecule has 0 aliphatic carbocycles. The molecular weight excluding hydrogens is 248 g/mol. The van der Waals surface area contributed by atoms with E-state index in [0.29, 0.717) is 0 Å². The minimum atomic E-state index is -0.172. The Morgan fingerprint density at radius 2 is 1.85 bits per heavy atom. The quantitative estimate of drug-likeness (QED) is 0.789. The van der Waals surface area contributed by atoms with Crippen LogP contribution in [0.1, 0.15) is 17.2 Å². The van der Waals surface area contributed by atoms with Crippen LogP contribution in [-0.2, 0) is 0 Å². The van der Waals surface area contributed by atoms with Crippen molar-refractivity contribution < 1.29 is 4.74 Å². The van der Waals surface area contributed by atoms with Crippen LogP contribution in [0.4, 0.5) is 0 Å². The average Bonchev–Trinajstić information content (AvgIpc) is 2.54. The number of aromatic nitrogens is 1. The molecule has 3 heteroatoms. The maximum absolute atomic E-state index is 6.41. The van der Waals surface area contributed by atoms with E-state index in [2.05, 4.69) is 17.1 Å². The van der Waals surface area contributed by atoms with Crippen molar-refractivity contribution in [3.8, 4) is 5.75 Å². The maximum atomic E-state index is 6.41. The number of nitrogens with zero attached hydrogens (tertiary/aromatic N) is 1. The molecule has 0 amide bonds. The number of rotatable bonds is 3. The summed E-state index contributed by atoms with van der Waals surface area (Å²) in [5, 5.41) is 2.25. The summed E-state index contributed by atoms with van der Waals surface area (Å²) in [6, 6.07) is 15.8. The van der Waals surface area contributed by atoms with Crippen LogP contribution >= 0.6 is 0 Å². The monoisotopic (exact) mass is 264 g/mol. The molecule has 1 unspecified atom stereocenters. The first-order chi connectivity index (χ1) is 9.79. The Morgan fingerprint density at radius 3 is 2.60 bits per heavy atom. The fourth-order valence-electron chi connectivity index (χ4n) is 2.40. The van der Waals surface area contributed by atoms with Gasteiger partial charge in [-0.3, -0.25) is 4.98 Å². The van der Waals surface area contributed by atoms with Crippen LogP contribution in [0.5, 0.6) is 5.75 Å².